The first-order chi connectivity index (χ1) is 13.7. The van der Waals surface area contributed by atoms with E-state index in [1.165, 1.54) is 0 Å². The lowest BCUT2D eigenvalue weighted by molar-refractivity contribution is 0.0438. The summed E-state index contributed by atoms with van der Waals surface area (Å²) in [5, 5.41) is 10.8. The maximum absolute atomic E-state index is 10.8. The fourth-order valence-corrected chi connectivity index (χ4v) is 3.13. The molecular weight excluding hydrogens is 360 g/mol. The number of aliphatic hydroxyl groups is 1. The van der Waals surface area contributed by atoms with Crippen LogP contribution in [0.25, 0.3) is 11.1 Å². The summed E-state index contributed by atoms with van der Waals surface area (Å²) in [6, 6.07) is 11.7. The van der Waals surface area contributed by atoms with Crippen molar-refractivity contribution in [3.8, 4) is 22.6 Å². The maximum atomic E-state index is 10.8. The van der Waals surface area contributed by atoms with E-state index in [0.29, 0.717) is 30.9 Å². The summed E-state index contributed by atoms with van der Waals surface area (Å²) in [4.78, 5) is 0. The normalized spacial score (nSPS) is 12.0. The summed E-state index contributed by atoms with van der Waals surface area (Å²) in [6.45, 7) is 2.60. The average Bonchev–Trinajstić information content (AvgIpc) is 2.74. The van der Waals surface area contributed by atoms with E-state index in [-0.39, 0.29) is 13.6 Å². The largest absolute Gasteiger partial charge is 0.467 e. The molecule has 0 aliphatic rings. The number of benzene rings is 2. The van der Waals surface area contributed by atoms with E-state index >= 15 is 0 Å². The molecule has 6 nitrogen and oxygen atoms in total. The molecule has 0 aliphatic heterocycles. The Labute approximate surface area is 166 Å². The standard InChI is InChI=1S/C22H30O6/c1-5-18(23)22-17(11-12-24-2)21(16-9-7-6-8-10-16)19(27-14-25-3)13-20(22)28-15-26-4/h6-10,13,18,23H,5,11-12,14-15H2,1-4H3. The van der Waals surface area contributed by atoms with Gasteiger partial charge in [0.2, 0.25) is 0 Å². The van der Waals surface area contributed by atoms with Crippen LogP contribution in [0.15, 0.2) is 36.4 Å². The van der Waals surface area contributed by atoms with Crippen molar-refractivity contribution in [1.82, 2.24) is 0 Å². The third kappa shape index (κ3) is 5.45. The third-order valence-corrected chi connectivity index (χ3v) is 4.40. The van der Waals surface area contributed by atoms with Gasteiger partial charge in [0.05, 0.1) is 12.7 Å². The Hall–Kier alpha value is -2.12. The predicted octanol–water partition coefficient (Wildman–Crippen LogP) is 3.95. The van der Waals surface area contributed by atoms with E-state index < -0.39 is 6.10 Å². The highest BCUT2D eigenvalue weighted by atomic mass is 16.7. The lowest BCUT2D eigenvalue weighted by Crippen LogP contribution is -2.12. The van der Waals surface area contributed by atoms with Gasteiger partial charge in [-0.2, -0.15) is 0 Å². The van der Waals surface area contributed by atoms with Crippen LogP contribution in [0.4, 0.5) is 0 Å². The number of ether oxygens (including phenoxy) is 5. The zero-order valence-electron chi connectivity index (χ0n) is 17.1. The Kier molecular flexibility index (Phi) is 9.23. The van der Waals surface area contributed by atoms with Crippen LogP contribution in [0, 0.1) is 0 Å². The molecule has 0 aliphatic carbocycles. The molecule has 0 radical (unpaired) electrons. The second-order valence-electron chi connectivity index (χ2n) is 6.27. The van der Waals surface area contributed by atoms with E-state index in [1.54, 1.807) is 27.4 Å². The van der Waals surface area contributed by atoms with Crippen molar-refractivity contribution in [1.29, 1.82) is 0 Å². The van der Waals surface area contributed by atoms with Gasteiger partial charge < -0.3 is 28.8 Å². The van der Waals surface area contributed by atoms with Gasteiger partial charge in [-0.25, -0.2) is 0 Å². The summed E-state index contributed by atoms with van der Waals surface area (Å²) < 4.78 is 27.2. The molecule has 0 aromatic heterocycles. The van der Waals surface area contributed by atoms with Crippen LogP contribution in [-0.4, -0.2) is 46.6 Å². The smallest absolute Gasteiger partial charge is 0.188 e. The molecule has 0 spiro atoms. The topological polar surface area (TPSA) is 66.4 Å². The number of hydrogen-bond donors (Lipinski definition) is 1. The van der Waals surface area contributed by atoms with Gasteiger partial charge in [0.1, 0.15) is 11.5 Å². The zero-order chi connectivity index (χ0) is 20.4. The van der Waals surface area contributed by atoms with E-state index in [9.17, 15) is 5.11 Å². The molecule has 0 saturated carbocycles. The van der Waals surface area contributed by atoms with Gasteiger partial charge in [-0.1, -0.05) is 37.3 Å². The Balaban J connectivity index is 2.75. The molecule has 2 rings (SSSR count). The molecule has 0 bridgehead atoms. The average molecular weight is 390 g/mol. The Bertz CT molecular complexity index is 717. The van der Waals surface area contributed by atoms with Crippen LogP contribution < -0.4 is 9.47 Å². The number of rotatable bonds is 12. The van der Waals surface area contributed by atoms with E-state index in [1.807, 2.05) is 37.3 Å². The van der Waals surface area contributed by atoms with Crippen LogP contribution in [0.3, 0.4) is 0 Å². The van der Waals surface area contributed by atoms with Gasteiger partial charge in [-0.3, -0.25) is 0 Å². The minimum absolute atomic E-state index is 0.0710. The molecule has 0 heterocycles. The van der Waals surface area contributed by atoms with Crippen molar-refractivity contribution < 1.29 is 28.8 Å². The van der Waals surface area contributed by atoms with Gasteiger partial charge in [0.25, 0.3) is 0 Å². The van der Waals surface area contributed by atoms with Crippen molar-refractivity contribution >= 4 is 0 Å². The SMILES string of the molecule is CCC(O)c1c(OCOC)cc(OCOC)c(-c2ccccc2)c1CCOC. The molecular formula is C22H30O6. The van der Waals surface area contributed by atoms with Gasteiger partial charge in [-0.15, -0.1) is 0 Å². The van der Waals surface area contributed by atoms with Crippen LogP contribution in [0.1, 0.15) is 30.6 Å². The zero-order valence-corrected chi connectivity index (χ0v) is 17.1. The highest BCUT2D eigenvalue weighted by Crippen LogP contribution is 2.44. The van der Waals surface area contributed by atoms with E-state index in [0.717, 1.165) is 22.3 Å². The minimum atomic E-state index is -0.683. The van der Waals surface area contributed by atoms with Crippen molar-refractivity contribution in [3.63, 3.8) is 0 Å². The summed E-state index contributed by atoms with van der Waals surface area (Å²) in [7, 11) is 4.79. The predicted molar refractivity (Wildman–Crippen MR) is 108 cm³/mol. The fourth-order valence-electron chi connectivity index (χ4n) is 3.13. The maximum Gasteiger partial charge on any atom is 0.188 e. The highest BCUT2D eigenvalue weighted by Gasteiger charge is 2.25. The molecule has 1 N–H and O–H groups in total. The van der Waals surface area contributed by atoms with Crippen molar-refractivity contribution in [3.05, 3.63) is 47.5 Å². The van der Waals surface area contributed by atoms with Crippen molar-refractivity contribution in [2.24, 2.45) is 0 Å². The molecule has 2 aromatic rings. The van der Waals surface area contributed by atoms with Crippen LogP contribution in [0.5, 0.6) is 11.5 Å². The van der Waals surface area contributed by atoms with Gasteiger partial charge in [0, 0.05) is 38.5 Å². The minimum Gasteiger partial charge on any atom is -0.467 e. The molecule has 1 atom stereocenters. The lowest BCUT2D eigenvalue weighted by Gasteiger charge is -2.25. The van der Waals surface area contributed by atoms with E-state index in [2.05, 4.69) is 0 Å². The molecule has 1 unspecified atom stereocenters. The number of methoxy groups -OCH3 is 3. The van der Waals surface area contributed by atoms with Gasteiger partial charge >= 0.3 is 0 Å². The Morgan fingerprint density at radius 1 is 0.893 bits per heavy atom. The van der Waals surface area contributed by atoms with Crippen LogP contribution in [-0.2, 0) is 20.6 Å². The van der Waals surface area contributed by atoms with Crippen LogP contribution in [0.2, 0.25) is 0 Å². The second kappa shape index (κ2) is 11.7. The molecule has 0 amide bonds. The number of aliphatic hydroxyl groups excluding tert-OH is 1. The first-order valence-corrected chi connectivity index (χ1v) is 9.33. The molecule has 2 aromatic carbocycles. The molecule has 6 heteroatoms. The third-order valence-electron chi connectivity index (χ3n) is 4.40. The fraction of sp³-hybridized carbons (Fsp3) is 0.455. The van der Waals surface area contributed by atoms with Crippen LogP contribution >= 0.6 is 0 Å². The number of hydrogen-bond acceptors (Lipinski definition) is 6. The summed E-state index contributed by atoms with van der Waals surface area (Å²) in [5.74, 6) is 1.16. The van der Waals surface area contributed by atoms with Crippen molar-refractivity contribution in [2.75, 3.05) is 41.5 Å². The Morgan fingerprint density at radius 2 is 1.54 bits per heavy atom. The van der Waals surface area contributed by atoms with Gasteiger partial charge in [-0.05, 0) is 24.0 Å². The van der Waals surface area contributed by atoms with Crippen molar-refractivity contribution in [2.45, 2.75) is 25.9 Å². The summed E-state index contributed by atoms with van der Waals surface area (Å²) in [6.07, 6.45) is 0.467. The highest BCUT2D eigenvalue weighted by molar-refractivity contribution is 5.77. The first kappa shape index (κ1) is 22.2. The summed E-state index contributed by atoms with van der Waals surface area (Å²) >= 11 is 0. The molecule has 154 valence electrons. The second-order valence-corrected chi connectivity index (χ2v) is 6.27. The molecule has 0 fully saturated rings. The lowest BCUT2D eigenvalue weighted by atomic mass is 9.88. The Morgan fingerprint density at radius 3 is 2.11 bits per heavy atom. The van der Waals surface area contributed by atoms with E-state index in [4.69, 9.17) is 23.7 Å². The summed E-state index contributed by atoms with van der Waals surface area (Å²) in [5.41, 5.74) is 3.56. The molecule has 0 saturated heterocycles. The van der Waals surface area contributed by atoms with Gasteiger partial charge in [0.15, 0.2) is 13.6 Å². The monoisotopic (exact) mass is 390 g/mol. The first-order valence-electron chi connectivity index (χ1n) is 9.33. The quantitative estimate of drug-likeness (QED) is 0.554. The molecule has 28 heavy (non-hydrogen) atoms.